The normalized spacial score (nSPS) is 12.4. The number of halogens is 1. The molecule has 0 amide bonds. The molecule has 0 spiro atoms. The maximum Gasteiger partial charge on any atom is 0.0453 e. The topological polar surface area (TPSA) is 26.0 Å². The molecule has 1 atom stereocenters. The van der Waals surface area contributed by atoms with Crippen LogP contribution in [0.2, 0.25) is 5.02 Å². The fourth-order valence-electron chi connectivity index (χ4n) is 2.33. The molecular formula is C16H18ClN. The van der Waals surface area contributed by atoms with Crippen molar-refractivity contribution in [3.05, 3.63) is 69.7 Å². The highest BCUT2D eigenvalue weighted by Crippen LogP contribution is 2.24. The molecule has 18 heavy (non-hydrogen) atoms. The van der Waals surface area contributed by atoms with E-state index in [2.05, 4.69) is 32.0 Å². The van der Waals surface area contributed by atoms with Crippen LogP contribution in [0, 0.1) is 13.8 Å². The monoisotopic (exact) mass is 259 g/mol. The number of rotatable bonds is 3. The fourth-order valence-corrected chi connectivity index (χ4v) is 2.60. The molecule has 0 bridgehead atoms. The number of hydrogen-bond donors (Lipinski definition) is 1. The zero-order valence-electron chi connectivity index (χ0n) is 10.8. The van der Waals surface area contributed by atoms with E-state index in [1.807, 2.05) is 24.3 Å². The van der Waals surface area contributed by atoms with Crippen LogP contribution in [-0.4, -0.2) is 0 Å². The first-order chi connectivity index (χ1) is 8.56. The lowest BCUT2D eigenvalue weighted by Crippen LogP contribution is -2.14. The van der Waals surface area contributed by atoms with Gasteiger partial charge in [0, 0.05) is 11.1 Å². The Morgan fingerprint density at radius 3 is 2.28 bits per heavy atom. The molecule has 2 N–H and O–H groups in total. The van der Waals surface area contributed by atoms with Gasteiger partial charge < -0.3 is 5.73 Å². The second kappa shape index (κ2) is 5.55. The SMILES string of the molecule is Cc1cc(C)cc(CC(N)c2ccccc2Cl)c1. The summed E-state index contributed by atoms with van der Waals surface area (Å²) in [5.74, 6) is 0. The zero-order valence-corrected chi connectivity index (χ0v) is 11.5. The number of aryl methyl sites for hydroxylation is 2. The predicted molar refractivity (Wildman–Crippen MR) is 78.0 cm³/mol. The molecule has 1 unspecified atom stereocenters. The minimum absolute atomic E-state index is 0.0556. The molecule has 0 aliphatic rings. The van der Waals surface area contributed by atoms with Crippen molar-refractivity contribution in [2.75, 3.05) is 0 Å². The van der Waals surface area contributed by atoms with Gasteiger partial charge in [-0.15, -0.1) is 0 Å². The Morgan fingerprint density at radius 2 is 1.67 bits per heavy atom. The fraction of sp³-hybridized carbons (Fsp3) is 0.250. The van der Waals surface area contributed by atoms with Gasteiger partial charge in [0.15, 0.2) is 0 Å². The molecule has 0 saturated heterocycles. The minimum atomic E-state index is -0.0556. The Hall–Kier alpha value is -1.31. The maximum atomic E-state index is 6.24. The van der Waals surface area contributed by atoms with Crippen molar-refractivity contribution in [2.24, 2.45) is 5.73 Å². The summed E-state index contributed by atoms with van der Waals surface area (Å²) in [7, 11) is 0. The molecule has 0 fully saturated rings. The summed E-state index contributed by atoms with van der Waals surface area (Å²) in [5, 5.41) is 0.745. The van der Waals surface area contributed by atoms with E-state index in [-0.39, 0.29) is 6.04 Å². The summed E-state index contributed by atoms with van der Waals surface area (Å²) in [5.41, 5.74) is 11.1. The van der Waals surface area contributed by atoms with Gasteiger partial charge in [-0.2, -0.15) is 0 Å². The molecular weight excluding hydrogens is 242 g/mol. The number of nitrogens with two attached hydrogens (primary N) is 1. The molecule has 0 aliphatic carbocycles. The molecule has 0 aromatic heterocycles. The van der Waals surface area contributed by atoms with Crippen LogP contribution in [0.3, 0.4) is 0 Å². The molecule has 0 radical (unpaired) electrons. The third kappa shape index (κ3) is 3.12. The molecule has 94 valence electrons. The highest BCUT2D eigenvalue weighted by atomic mass is 35.5. The average molecular weight is 260 g/mol. The van der Waals surface area contributed by atoms with E-state index in [4.69, 9.17) is 17.3 Å². The van der Waals surface area contributed by atoms with E-state index < -0.39 is 0 Å². The standard InChI is InChI=1S/C16H18ClN/c1-11-7-12(2)9-13(8-11)10-16(18)14-5-3-4-6-15(14)17/h3-9,16H,10,18H2,1-2H3. The third-order valence-electron chi connectivity index (χ3n) is 3.04. The molecule has 2 rings (SSSR count). The largest absolute Gasteiger partial charge is 0.324 e. The minimum Gasteiger partial charge on any atom is -0.324 e. The van der Waals surface area contributed by atoms with Gasteiger partial charge in [0.1, 0.15) is 0 Å². The summed E-state index contributed by atoms with van der Waals surface area (Å²) in [6.45, 7) is 4.22. The van der Waals surface area contributed by atoms with E-state index in [1.54, 1.807) is 0 Å². The lowest BCUT2D eigenvalue weighted by Gasteiger charge is -2.14. The van der Waals surface area contributed by atoms with Gasteiger partial charge in [0.05, 0.1) is 0 Å². The first kappa shape index (κ1) is 13.1. The molecule has 1 nitrogen and oxygen atoms in total. The molecule has 2 aromatic carbocycles. The Balaban J connectivity index is 2.21. The lowest BCUT2D eigenvalue weighted by atomic mass is 9.97. The van der Waals surface area contributed by atoms with Crippen molar-refractivity contribution >= 4 is 11.6 Å². The van der Waals surface area contributed by atoms with Crippen LogP contribution in [0.25, 0.3) is 0 Å². The Morgan fingerprint density at radius 1 is 1.06 bits per heavy atom. The van der Waals surface area contributed by atoms with Gasteiger partial charge in [-0.25, -0.2) is 0 Å². The molecule has 0 aliphatic heterocycles. The highest BCUT2D eigenvalue weighted by Gasteiger charge is 2.10. The van der Waals surface area contributed by atoms with E-state index in [0.29, 0.717) is 0 Å². The second-order valence-electron chi connectivity index (χ2n) is 4.83. The summed E-state index contributed by atoms with van der Waals surface area (Å²) in [6, 6.07) is 14.3. The quantitative estimate of drug-likeness (QED) is 0.878. The molecule has 2 heteroatoms. The van der Waals surface area contributed by atoms with Crippen molar-refractivity contribution in [3.8, 4) is 0 Å². The summed E-state index contributed by atoms with van der Waals surface area (Å²) in [4.78, 5) is 0. The van der Waals surface area contributed by atoms with Crippen molar-refractivity contribution in [1.29, 1.82) is 0 Å². The lowest BCUT2D eigenvalue weighted by molar-refractivity contribution is 0.721. The second-order valence-corrected chi connectivity index (χ2v) is 5.24. The van der Waals surface area contributed by atoms with Crippen LogP contribution < -0.4 is 5.73 Å². The molecule has 0 saturated carbocycles. The van der Waals surface area contributed by atoms with Gasteiger partial charge in [-0.05, 0) is 37.5 Å². The Bertz CT molecular complexity index is 528. The van der Waals surface area contributed by atoms with Crippen LogP contribution in [0.1, 0.15) is 28.3 Å². The Labute approximate surface area is 114 Å². The van der Waals surface area contributed by atoms with Crippen molar-refractivity contribution in [1.82, 2.24) is 0 Å². The summed E-state index contributed by atoms with van der Waals surface area (Å²) >= 11 is 6.17. The van der Waals surface area contributed by atoms with Crippen molar-refractivity contribution in [3.63, 3.8) is 0 Å². The summed E-state index contributed by atoms with van der Waals surface area (Å²) < 4.78 is 0. The van der Waals surface area contributed by atoms with E-state index in [9.17, 15) is 0 Å². The van der Waals surface area contributed by atoms with Crippen LogP contribution in [-0.2, 0) is 6.42 Å². The summed E-state index contributed by atoms with van der Waals surface area (Å²) in [6.07, 6.45) is 0.812. The smallest absolute Gasteiger partial charge is 0.0453 e. The van der Waals surface area contributed by atoms with Crippen LogP contribution in [0.15, 0.2) is 42.5 Å². The van der Waals surface area contributed by atoms with Crippen LogP contribution in [0.4, 0.5) is 0 Å². The number of benzene rings is 2. The highest BCUT2D eigenvalue weighted by molar-refractivity contribution is 6.31. The van der Waals surface area contributed by atoms with Gasteiger partial charge in [0.25, 0.3) is 0 Å². The predicted octanol–water partition coefficient (Wildman–Crippen LogP) is 4.20. The van der Waals surface area contributed by atoms with Gasteiger partial charge in [0.2, 0.25) is 0 Å². The van der Waals surface area contributed by atoms with Gasteiger partial charge >= 0.3 is 0 Å². The van der Waals surface area contributed by atoms with E-state index in [0.717, 1.165) is 17.0 Å². The van der Waals surface area contributed by atoms with E-state index >= 15 is 0 Å². The van der Waals surface area contributed by atoms with E-state index in [1.165, 1.54) is 16.7 Å². The molecule has 0 heterocycles. The van der Waals surface area contributed by atoms with Crippen molar-refractivity contribution in [2.45, 2.75) is 26.3 Å². The molecule has 2 aromatic rings. The first-order valence-electron chi connectivity index (χ1n) is 6.13. The van der Waals surface area contributed by atoms with Crippen molar-refractivity contribution < 1.29 is 0 Å². The Kier molecular flexibility index (Phi) is 4.05. The van der Waals surface area contributed by atoms with Gasteiger partial charge in [-0.3, -0.25) is 0 Å². The third-order valence-corrected chi connectivity index (χ3v) is 3.39. The number of hydrogen-bond acceptors (Lipinski definition) is 1. The zero-order chi connectivity index (χ0) is 13.1. The van der Waals surface area contributed by atoms with Crippen LogP contribution in [0.5, 0.6) is 0 Å². The van der Waals surface area contributed by atoms with Crippen LogP contribution >= 0.6 is 11.6 Å². The first-order valence-corrected chi connectivity index (χ1v) is 6.51. The average Bonchev–Trinajstić information content (AvgIpc) is 2.27. The maximum absolute atomic E-state index is 6.24. The van der Waals surface area contributed by atoms with Gasteiger partial charge in [-0.1, -0.05) is 59.1 Å².